The summed E-state index contributed by atoms with van der Waals surface area (Å²) in [4.78, 5) is 39.7. The molecule has 4 rings (SSSR count). The van der Waals surface area contributed by atoms with E-state index in [-0.39, 0.29) is 34.4 Å². The number of carbonyl (C=O) groups excluding carboxylic acids is 3. The van der Waals surface area contributed by atoms with Crippen molar-refractivity contribution in [1.29, 1.82) is 0 Å². The lowest BCUT2D eigenvalue weighted by molar-refractivity contribution is -0.141. The lowest BCUT2D eigenvalue weighted by atomic mass is 9.93. The molecular formula is C23H26FN5O4S. The smallest absolute Gasteiger partial charge is 0.329 e. The topological polar surface area (TPSA) is 107 Å². The fraction of sp³-hybridized carbons (Fsp3) is 0.478. The van der Waals surface area contributed by atoms with Gasteiger partial charge < -0.3 is 4.74 Å². The summed E-state index contributed by atoms with van der Waals surface area (Å²) in [5.74, 6) is -0.632. The molecule has 0 N–H and O–H groups in total. The largest absolute Gasteiger partial charge is 0.468 e. The standard InChI is InChI=1S/C23H26FN5O4S/c1-14(30)34-19-9-10-28(12-16(19)11-20-25-27-29(26-20)13-21(31)33-2)22(23(32)15-7-8-15)17-5-3-4-6-18(17)24/h3-6,11,15,19,22H,7-10,12-13H2,1-2H3/b16-11+. The van der Waals surface area contributed by atoms with Gasteiger partial charge in [-0.05, 0) is 42.2 Å². The number of tetrazole rings is 1. The van der Waals surface area contributed by atoms with E-state index in [9.17, 15) is 18.8 Å². The lowest BCUT2D eigenvalue weighted by Crippen LogP contribution is -2.43. The number of nitrogens with zero attached hydrogens (tertiary/aromatic N) is 5. The van der Waals surface area contributed by atoms with Crippen molar-refractivity contribution in [1.82, 2.24) is 25.1 Å². The Morgan fingerprint density at radius 3 is 2.71 bits per heavy atom. The average molecular weight is 488 g/mol. The van der Waals surface area contributed by atoms with E-state index >= 15 is 0 Å². The Bertz CT molecular complexity index is 1120. The number of ether oxygens (including phenoxy) is 1. The highest BCUT2D eigenvalue weighted by Gasteiger charge is 2.41. The Labute approximate surface area is 200 Å². The number of methoxy groups -OCH3 is 1. The summed E-state index contributed by atoms with van der Waals surface area (Å²) in [5, 5.41) is 11.9. The van der Waals surface area contributed by atoms with E-state index in [1.807, 2.05) is 4.90 Å². The molecule has 1 aliphatic heterocycles. The van der Waals surface area contributed by atoms with Gasteiger partial charge in [-0.1, -0.05) is 30.0 Å². The first-order valence-corrected chi connectivity index (χ1v) is 12.0. The molecule has 2 heterocycles. The molecular weight excluding hydrogens is 461 g/mol. The fourth-order valence-corrected chi connectivity index (χ4v) is 5.04. The number of aromatic nitrogens is 4. The molecule has 1 saturated heterocycles. The van der Waals surface area contributed by atoms with Crippen LogP contribution >= 0.6 is 11.8 Å². The van der Waals surface area contributed by atoms with Crippen molar-refractivity contribution in [3.8, 4) is 0 Å². The summed E-state index contributed by atoms with van der Waals surface area (Å²) in [6, 6.07) is 5.70. The first kappa shape index (κ1) is 24.2. The van der Waals surface area contributed by atoms with Crippen molar-refractivity contribution in [2.75, 3.05) is 20.2 Å². The molecule has 1 saturated carbocycles. The summed E-state index contributed by atoms with van der Waals surface area (Å²) in [5.41, 5.74) is 1.22. The number of benzene rings is 1. The van der Waals surface area contributed by atoms with Gasteiger partial charge in [-0.25, -0.2) is 9.18 Å². The Morgan fingerprint density at radius 2 is 2.03 bits per heavy atom. The molecule has 9 nitrogen and oxygen atoms in total. The maximum Gasteiger partial charge on any atom is 0.329 e. The summed E-state index contributed by atoms with van der Waals surface area (Å²) in [7, 11) is 1.28. The van der Waals surface area contributed by atoms with E-state index < -0.39 is 17.8 Å². The first-order chi connectivity index (χ1) is 16.4. The predicted octanol–water partition coefficient (Wildman–Crippen LogP) is 2.44. The highest BCUT2D eigenvalue weighted by Crippen LogP contribution is 2.40. The minimum Gasteiger partial charge on any atom is -0.468 e. The van der Waals surface area contributed by atoms with E-state index in [1.54, 1.807) is 24.3 Å². The number of hydrogen-bond donors (Lipinski definition) is 0. The van der Waals surface area contributed by atoms with Crippen molar-refractivity contribution in [2.45, 2.75) is 44.0 Å². The maximum atomic E-state index is 14.8. The number of carbonyl (C=O) groups is 3. The number of ketones is 1. The number of hydrogen-bond acceptors (Lipinski definition) is 9. The van der Waals surface area contributed by atoms with E-state index in [0.717, 1.165) is 23.2 Å². The van der Waals surface area contributed by atoms with Crippen molar-refractivity contribution < 1.29 is 23.5 Å². The normalized spacial score (nSPS) is 20.8. The predicted molar refractivity (Wildman–Crippen MR) is 123 cm³/mol. The number of likely N-dealkylation sites (tertiary alicyclic amines) is 1. The summed E-state index contributed by atoms with van der Waals surface area (Å²) in [6.45, 7) is 2.24. The third-order valence-corrected chi connectivity index (χ3v) is 7.04. The third-order valence-electron chi connectivity index (χ3n) is 5.88. The van der Waals surface area contributed by atoms with E-state index in [0.29, 0.717) is 25.1 Å². The van der Waals surface area contributed by atoms with E-state index in [1.165, 1.54) is 31.9 Å². The molecule has 0 spiro atoms. The highest BCUT2D eigenvalue weighted by atomic mass is 32.2. The molecule has 1 aliphatic carbocycles. The molecule has 2 aliphatic rings. The SMILES string of the molecule is COC(=O)Cn1nnc(/C=C2\CN(C(C(=O)C3CC3)c3ccccc3F)CCC2SC(C)=O)n1. The zero-order valence-corrected chi connectivity index (χ0v) is 19.8. The highest BCUT2D eigenvalue weighted by molar-refractivity contribution is 8.14. The molecule has 1 aromatic heterocycles. The van der Waals surface area contributed by atoms with Crippen LogP contribution in [0.3, 0.4) is 0 Å². The van der Waals surface area contributed by atoms with Crippen LogP contribution in [0, 0.1) is 11.7 Å². The summed E-state index contributed by atoms with van der Waals surface area (Å²) < 4.78 is 19.4. The molecule has 0 bridgehead atoms. The zero-order valence-electron chi connectivity index (χ0n) is 19.0. The number of Topliss-reactive ketones (excluding diaryl/α,β-unsaturated/α-hetero) is 1. The van der Waals surface area contributed by atoms with Crippen molar-refractivity contribution >= 4 is 34.7 Å². The van der Waals surface area contributed by atoms with Crippen molar-refractivity contribution in [3.63, 3.8) is 0 Å². The van der Waals surface area contributed by atoms with Gasteiger partial charge in [0.2, 0.25) is 0 Å². The Kier molecular flexibility index (Phi) is 7.52. The lowest BCUT2D eigenvalue weighted by Gasteiger charge is -2.38. The van der Waals surface area contributed by atoms with Gasteiger partial charge in [-0.2, -0.15) is 4.80 Å². The summed E-state index contributed by atoms with van der Waals surface area (Å²) in [6.07, 6.45) is 4.00. The molecule has 0 amide bonds. The molecule has 2 aromatic rings. The van der Waals surface area contributed by atoms with Gasteiger partial charge in [-0.3, -0.25) is 14.5 Å². The molecule has 1 aromatic carbocycles. The van der Waals surface area contributed by atoms with E-state index in [4.69, 9.17) is 0 Å². The van der Waals surface area contributed by atoms with Crippen LogP contribution in [0.15, 0.2) is 29.8 Å². The van der Waals surface area contributed by atoms with Crippen LogP contribution < -0.4 is 0 Å². The van der Waals surface area contributed by atoms with Gasteiger partial charge in [0.1, 0.15) is 5.82 Å². The van der Waals surface area contributed by atoms with Crippen LogP contribution in [-0.4, -0.2) is 67.4 Å². The molecule has 180 valence electrons. The average Bonchev–Trinajstić information content (AvgIpc) is 3.57. The monoisotopic (exact) mass is 487 g/mol. The van der Waals surface area contributed by atoms with Gasteiger partial charge in [-0.15, -0.1) is 10.2 Å². The second kappa shape index (κ2) is 10.6. The van der Waals surface area contributed by atoms with E-state index in [2.05, 4.69) is 20.1 Å². The van der Waals surface area contributed by atoms with Gasteiger partial charge in [0, 0.05) is 36.7 Å². The van der Waals surface area contributed by atoms with Crippen LogP contribution in [0.2, 0.25) is 0 Å². The number of esters is 1. The Balaban J connectivity index is 1.63. The van der Waals surface area contributed by atoms with Crippen LogP contribution in [0.1, 0.15) is 43.6 Å². The first-order valence-electron chi connectivity index (χ1n) is 11.1. The summed E-state index contributed by atoms with van der Waals surface area (Å²) >= 11 is 1.21. The molecule has 2 fully saturated rings. The third kappa shape index (κ3) is 5.76. The molecule has 11 heteroatoms. The number of halogens is 1. The molecule has 34 heavy (non-hydrogen) atoms. The van der Waals surface area contributed by atoms with Crippen molar-refractivity contribution in [2.24, 2.45) is 5.92 Å². The minimum absolute atomic E-state index is 0.0219. The van der Waals surface area contributed by atoms with Gasteiger partial charge in [0.15, 0.2) is 23.3 Å². The van der Waals surface area contributed by atoms with Crippen LogP contribution in [-0.2, 0) is 25.7 Å². The Morgan fingerprint density at radius 1 is 1.26 bits per heavy atom. The van der Waals surface area contributed by atoms with Crippen molar-refractivity contribution in [3.05, 3.63) is 47.0 Å². The zero-order chi connectivity index (χ0) is 24.2. The molecule has 0 radical (unpaired) electrons. The molecule has 2 unspecified atom stereocenters. The van der Waals surface area contributed by atoms with Crippen LogP contribution in [0.4, 0.5) is 4.39 Å². The minimum atomic E-state index is -0.691. The second-order valence-electron chi connectivity index (χ2n) is 8.43. The number of rotatable bonds is 8. The van der Waals surface area contributed by atoms with Crippen LogP contribution in [0.25, 0.3) is 6.08 Å². The number of thioether (sulfide) groups is 1. The molecule has 2 atom stereocenters. The Hall–Kier alpha value is -2.92. The van der Waals surface area contributed by atoms with Gasteiger partial charge in [0.25, 0.3) is 0 Å². The van der Waals surface area contributed by atoms with Gasteiger partial charge >= 0.3 is 5.97 Å². The number of piperidine rings is 1. The second-order valence-corrected chi connectivity index (χ2v) is 9.81. The quantitative estimate of drug-likeness (QED) is 0.519. The maximum absolute atomic E-state index is 14.8. The fourth-order valence-electron chi connectivity index (χ4n) is 4.12. The van der Waals surface area contributed by atoms with Crippen LogP contribution in [0.5, 0.6) is 0 Å². The van der Waals surface area contributed by atoms with Gasteiger partial charge in [0.05, 0.1) is 13.2 Å².